The molecule has 23 heavy (non-hydrogen) atoms. The van der Waals surface area contributed by atoms with E-state index >= 15 is 0 Å². The van der Waals surface area contributed by atoms with Gasteiger partial charge in [0.2, 0.25) is 5.88 Å². The van der Waals surface area contributed by atoms with Gasteiger partial charge in [-0.25, -0.2) is 0 Å². The summed E-state index contributed by atoms with van der Waals surface area (Å²) >= 11 is 0. The predicted octanol–water partition coefficient (Wildman–Crippen LogP) is 2.59. The van der Waals surface area contributed by atoms with Crippen LogP contribution in [0.1, 0.15) is 19.4 Å². The number of likely N-dealkylation sites (N-methyl/N-ethyl adjacent to an activating group) is 1. The zero-order valence-corrected chi connectivity index (χ0v) is 14.2. The summed E-state index contributed by atoms with van der Waals surface area (Å²) in [6.45, 7) is 9.16. The third-order valence-electron chi connectivity index (χ3n) is 4.29. The molecular formula is C18H26N4O. The number of rotatable bonds is 5. The summed E-state index contributed by atoms with van der Waals surface area (Å²) in [4.78, 5) is 4.66. The Balaban J connectivity index is 1.91. The second kappa shape index (κ2) is 7.15. The zero-order valence-electron chi connectivity index (χ0n) is 14.2. The van der Waals surface area contributed by atoms with Gasteiger partial charge in [0.15, 0.2) is 0 Å². The molecule has 1 saturated heterocycles. The van der Waals surface area contributed by atoms with Crippen LogP contribution < -0.4 is 10.2 Å². The van der Waals surface area contributed by atoms with Crippen LogP contribution in [0.5, 0.6) is 0 Å². The van der Waals surface area contributed by atoms with Crippen LogP contribution in [0, 0.1) is 0 Å². The van der Waals surface area contributed by atoms with Gasteiger partial charge in [0.25, 0.3) is 0 Å². The highest BCUT2D eigenvalue weighted by Gasteiger charge is 2.24. The summed E-state index contributed by atoms with van der Waals surface area (Å²) in [6.07, 6.45) is 0. The lowest BCUT2D eigenvalue weighted by atomic mass is 10.1. The Morgan fingerprint density at radius 1 is 1.13 bits per heavy atom. The fourth-order valence-electron chi connectivity index (χ4n) is 2.85. The summed E-state index contributed by atoms with van der Waals surface area (Å²) in [7, 11) is 2.16. The van der Waals surface area contributed by atoms with Gasteiger partial charge in [0.05, 0.1) is 5.56 Å². The van der Waals surface area contributed by atoms with Crippen LogP contribution in [-0.4, -0.2) is 49.3 Å². The summed E-state index contributed by atoms with van der Waals surface area (Å²) in [6, 6.07) is 10.7. The molecule has 5 heteroatoms. The Hall–Kier alpha value is -1.85. The number of hydrogen-bond acceptors (Lipinski definition) is 5. The van der Waals surface area contributed by atoms with Crippen molar-refractivity contribution in [1.29, 1.82) is 0 Å². The molecule has 2 aromatic rings. The molecule has 0 atom stereocenters. The van der Waals surface area contributed by atoms with Crippen LogP contribution >= 0.6 is 0 Å². The number of nitrogens with one attached hydrogen (secondary N) is 1. The van der Waals surface area contributed by atoms with Gasteiger partial charge >= 0.3 is 0 Å². The van der Waals surface area contributed by atoms with Crippen LogP contribution in [-0.2, 0) is 6.54 Å². The number of benzene rings is 1. The fourth-order valence-corrected chi connectivity index (χ4v) is 2.85. The highest BCUT2D eigenvalue weighted by molar-refractivity contribution is 5.68. The third-order valence-corrected chi connectivity index (χ3v) is 4.29. The Morgan fingerprint density at radius 2 is 1.83 bits per heavy atom. The predicted molar refractivity (Wildman–Crippen MR) is 93.6 cm³/mol. The van der Waals surface area contributed by atoms with Crippen molar-refractivity contribution in [3.05, 3.63) is 35.9 Å². The lowest BCUT2D eigenvalue weighted by Gasteiger charge is -2.32. The van der Waals surface area contributed by atoms with Crippen molar-refractivity contribution < 1.29 is 4.52 Å². The largest absolute Gasteiger partial charge is 0.338 e. The lowest BCUT2D eigenvalue weighted by Crippen LogP contribution is -2.44. The van der Waals surface area contributed by atoms with Gasteiger partial charge in [0.1, 0.15) is 5.69 Å². The highest BCUT2D eigenvalue weighted by Crippen LogP contribution is 2.31. The molecule has 5 nitrogen and oxygen atoms in total. The van der Waals surface area contributed by atoms with Crippen molar-refractivity contribution in [2.24, 2.45) is 0 Å². The molecule has 0 amide bonds. The second-order valence-electron chi connectivity index (χ2n) is 6.51. The van der Waals surface area contributed by atoms with Crippen molar-refractivity contribution in [3.8, 4) is 11.3 Å². The molecule has 1 aromatic heterocycles. The quantitative estimate of drug-likeness (QED) is 0.919. The monoisotopic (exact) mass is 314 g/mol. The average molecular weight is 314 g/mol. The molecule has 0 unspecified atom stereocenters. The Morgan fingerprint density at radius 3 is 2.48 bits per heavy atom. The van der Waals surface area contributed by atoms with Gasteiger partial charge in [-0.05, 0) is 7.05 Å². The van der Waals surface area contributed by atoms with Crippen molar-refractivity contribution in [3.63, 3.8) is 0 Å². The molecule has 2 heterocycles. The van der Waals surface area contributed by atoms with Gasteiger partial charge in [-0.3, -0.25) is 0 Å². The first-order valence-corrected chi connectivity index (χ1v) is 8.36. The zero-order chi connectivity index (χ0) is 16.2. The first-order chi connectivity index (χ1) is 11.1. The fraction of sp³-hybridized carbons (Fsp3) is 0.500. The van der Waals surface area contributed by atoms with Crippen LogP contribution in [0.15, 0.2) is 34.9 Å². The van der Waals surface area contributed by atoms with Crippen LogP contribution in [0.25, 0.3) is 11.3 Å². The number of hydrogen-bond donors (Lipinski definition) is 1. The van der Waals surface area contributed by atoms with Crippen molar-refractivity contribution in [2.45, 2.75) is 26.4 Å². The second-order valence-corrected chi connectivity index (χ2v) is 6.51. The van der Waals surface area contributed by atoms with Crippen molar-refractivity contribution in [1.82, 2.24) is 15.4 Å². The van der Waals surface area contributed by atoms with E-state index in [1.807, 2.05) is 18.2 Å². The smallest absolute Gasteiger partial charge is 0.232 e. The van der Waals surface area contributed by atoms with E-state index in [9.17, 15) is 0 Å². The minimum Gasteiger partial charge on any atom is -0.338 e. The lowest BCUT2D eigenvalue weighted by molar-refractivity contribution is 0.299. The molecule has 0 aliphatic carbocycles. The van der Waals surface area contributed by atoms with Crippen LogP contribution in [0.4, 0.5) is 5.88 Å². The molecule has 1 aliphatic rings. The van der Waals surface area contributed by atoms with Crippen LogP contribution in [0.2, 0.25) is 0 Å². The minimum absolute atomic E-state index is 0.425. The van der Waals surface area contributed by atoms with E-state index < -0.39 is 0 Å². The molecule has 124 valence electrons. The maximum absolute atomic E-state index is 5.77. The average Bonchev–Trinajstić information content (AvgIpc) is 2.98. The van der Waals surface area contributed by atoms with E-state index in [1.165, 1.54) is 0 Å². The number of anilines is 1. The highest BCUT2D eigenvalue weighted by atomic mass is 16.5. The van der Waals surface area contributed by atoms with Gasteiger partial charge in [-0.15, -0.1) is 0 Å². The Kier molecular flexibility index (Phi) is 4.98. The topological polar surface area (TPSA) is 44.5 Å². The molecular weight excluding hydrogens is 288 g/mol. The summed E-state index contributed by atoms with van der Waals surface area (Å²) in [5, 5.41) is 7.90. The van der Waals surface area contributed by atoms with E-state index in [2.05, 4.69) is 53.3 Å². The summed E-state index contributed by atoms with van der Waals surface area (Å²) in [5.41, 5.74) is 3.22. The molecule has 0 bridgehead atoms. The van der Waals surface area contributed by atoms with E-state index in [0.29, 0.717) is 6.04 Å². The Labute approximate surface area is 138 Å². The molecule has 0 spiro atoms. The first kappa shape index (κ1) is 16.0. The summed E-state index contributed by atoms with van der Waals surface area (Å²) in [5.74, 6) is 0.921. The standard InChI is InChI=1S/C18H26N4O/c1-14(2)19-13-16-17(15-7-5-4-6-8-15)20-23-18(16)22-11-9-21(3)10-12-22/h4-8,14,19H,9-13H2,1-3H3. The normalized spacial score (nSPS) is 16.3. The number of piperazine rings is 1. The number of nitrogens with zero attached hydrogens (tertiary/aromatic N) is 3. The van der Waals surface area contributed by atoms with Crippen LogP contribution in [0.3, 0.4) is 0 Å². The van der Waals surface area contributed by atoms with E-state index in [4.69, 9.17) is 4.52 Å². The molecule has 0 saturated carbocycles. The first-order valence-electron chi connectivity index (χ1n) is 8.36. The molecule has 0 radical (unpaired) electrons. The maximum Gasteiger partial charge on any atom is 0.232 e. The van der Waals surface area contributed by atoms with Crippen molar-refractivity contribution >= 4 is 5.88 Å². The SMILES string of the molecule is CC(C)NCc1c(-c2ccccc2)noc1N1CCN(C)CC1. The molecule has 3 rings (SSSR count). The molecule has 1 fully saturated rings. The van der Waals surface area contributed by atoms with Gasteiger partial charge in [-0.1, -0.05) is 49.3 Å². The molecule has 1 aliphatic heterocycles. The molecule has 1 aromatic carbocycles. The van der Waals surface area contributed by atoms with E-state index in [-0.39, 0.29) is 0 Å². The minimum atomic E-state index is 0.425. The van der Waals surface area contributed by atoms with Gasteiger partial charge < -0.3 is 19.6 Å². The van der Waals surface area contributed by atoms with E-state index in [1.54, 1.807) is 0 Å². The van der Waals surface area contributed by atoms with E-state index in [0.717, 1.165) is 55.4 Å². The maximum atomic E-state index is 5.77. The number of aromatic nitrogens is 1. The Bertz CT molecular complexity index is 615. The van der Waals surface area contributed by atoms with Gasteiger partial charge in [0, 0.05) is 44.3 Å². The molecule has 1 N–H and O–H groups in total. The van der Waals surface area contributed by atoms with Gasteiger partial charge in [-0.2, -0.15) is 0 Å². The van der Waals surface area contributed by atoms with Crippen molar-refractivity contribution in [2.75, 3.05) is 38.1 Å². The third kappa shape index (κ3) is 3.74. The summed E-state index contributed by atoms with van der Waals surface area (Å²) < 4.78 is 5.77.